The summed E-state index contributed by atoms with van der Waals surface area (Å²) in [4.78, 5) is 1.46. The van der Waals surface area contributed by atoms with Gasteiger partial charge in [-0.3, -0.25) is 4.90 Å². The number of rotatable bonds is 5. The maximum atomic E-state index is 14.6. The Labute approximate surface area is 145 Å². The lowest BCUT2D eigenvalue weighted by Crippen LogP contribution is -2.15. The van der Waals surface area contributed by atoms with Crippen molar-refractivity contribution in [1.82, 2.24) is 0 Å². The number of benzene rings is 3. The van der Waals surface area contributed by atoms with Crippen molar-refractivity contribution in [3.05, 3.63) is 78.4 Å². The van der Waals surface area contributed by atoms with E-state index >= 15 is 0 Å². The standard InChI is InChI=1S/C20H17F2NO2/c1-24-18-12-5-3-10-16(18)23(17-11-4-6-13-19(17)25-2)20-14(21)8-7-9-15(20)22/h3-13H,1-2H3. The van der Waals surface area contributed by atoms with Crippen molar-refractivity contribution < 1.29 is 18.3 Å². The second-order valence-electron chi connectivity index (χ2n) is 5.25. The number of hydrogen-bond acceptors (Lipinski definition) is 3. The van der Waals surface area contributed by atoms with E-state index in [1.807, 2.05) is 0 Å². The van der Waals surface area contributed by atoms with Crippen LogP contribution in [0.5, 0.6) is 11.5 Å². The van der Waals surface area contributed by atoms with Gasteiger partial charge in [0.15, 0.2) is 0 Å². The van der Waals surface area contributed by atoms with Crippen LogP contribution in [0.25, 0.3) is 0 Å². The van der Waals surface area contributed by atoms with Crippen LogP contribution in [0.4, 0.5) is 25.8 Å². The fourth-order valence-electron chi connectivity index (χ4n) is 2.70. The minimum Gasteiger partial charge on any atom is -0.495 e. The molecule has 0 aliphatic rings. The summed E-state index contributed by atoms with van der Waals surface area (Å²) in [5.41, 5.74) is 0.800. The third-order valence-electron chi connectivity index (χ3n) is 3.81. The number of hydrogen-bond donors (Lipinski definition) is 0. The van der Waals surface area contributed by atoms with Crippen LogP contribution in [0.15, 0.2) is 66.7 Å². The Kier molecular flexibility index (Phi) is 4.84. The molecule has 0 fully saturated rings. The number of halogens is 2. The number of methoxy groups -OCH3 is 2. The molecule has 0 aliphatic carbocycles. The highest BCUT2D eigenvalue weighted by molar-refractivity contribution is 5.83. The van der Waals surface area contributed by atoms with Gasteiger partial charge in [-0.1, -0.05) is 30.3 Å². The summed E-state index contributed by atoms with van der Waals surface area (Å²) in [6.07, 6.45) is 0. The van der Waals surface area contributed by atoms with Crippen LogP contribution in [-0.2, 0) is 0 Å². The van der Waals surface area contributed by atoms with Crippen LogP contribution in [0.2, 0.25) is 0 Å². The first-order valence-corrected chi connectivity index (χ1v) is 7.67. The van der Waals surface area contributed by atoms with Gasteiger partial charge in [0.25, 0.3) is 0 Å². The van der Waals surface area contributed by atoms with E-state index < -0.39 is 11.6 Å². The third-order valence-corrected chi connectivity index (χ3v) is 3.81. The lowest BCUT2D eigenvalue weighted by atomic mass is 10.1. The van der Waals surface area contributed by atoms with E-state index in [0.717, 1.165) is 0 Å². The molecule has 0 saturated carbocycles. The Hall–Kier alpha value is -3.08. The number of ether oxygens (including phenoxy) is 2. The van der Waals surface area contributed by atoms with Crippen LogP contribution in [0.1, 0.15) is 0 Å². The highest BCUT2D eigenvalue weighted by Crippen LogP contribution is 2.45. The van der Waals surface area contributed by atoms with Gasteiger partial charge in [-0.05, 0) is 36.4 Å². The van der Waals surface area contributed by atoms with E-state index in [-0.39, 0.29) is 5.69 Å². The molecule has 3 rings (SSSR count). The maximum Gasteiger partial charge on any atom is 0.150 e. The van der Waals surface area contributed by atoms with Gasteiger partial charge in [0.05, 0.1) is 25.6 Å². The summed E-state index contributed by atoms with van der Waals surface area (Å²) in [7, 11) is 3.02. The van der Waals surface area contributed by atoms with Crippen LogP contribution < -0.4 is 14.4 Å². The summed E-state index contributed by atoms with van der Waals surface area (Å²) in [6.45, 7) is 0. The lowest BCUT2D eigenvalue weighted by Gasteiger charge is -2.28. The molecular formula is C20H17F2NO2. The molecule has 0 heterocycles. The lowest BCUT2D eigenvalue weighted by molar-refractivity contribution is 0.412. The van der Waals surface area contributed by atoms with Crippen LogP contribution in [-0.4, -0.2) is 14.2 Å². The van der Waals surface area contributed by atoms with Crippen molar-refractivity contribution >= 4 is 17.1 Å². The normalized spacial score (nSPS) is 10.4. The molecule has 0 aromatic heterocycles. The van der Waals surface area contributed by atoms with Gasteiger partial charge in [-0.25, -0.2) is 8.78 Å². The topological polar surface area (TPSA) is 21.7 Å². The zero-order chi connectivity index (χ0) is 17.8. The second-order valence-corrected chi connectivity index (χ2v) is 5.25. The van der Waals surface area contributed by atoms with E-state index in [9.17, 15) is 8.78 Å². The first-order valence-electron chi connectivity index (χ1n) is 7.67. The Morgan fingerprint density at radius 2 is 1.08 bits per heavy atom. The minimum atomic E-state index is -0.684. The predicted molar refractivity (Wildman–Crippen MR) is 94.1 cm³/mol. The second kappa shape index (κ2) is 7.21. The number of anilines is 3. The van der Waals surface area contributed by atoms with Gasteiger partial charge in [0.1, 0.15) is 28.8 Å². The van der Waals surface area contributed by atoms with E-state index in [2.05, 4.69) is 0 Å². The quantitative estimate of drug-likeness (QED) is 0.616. The SMILES string of the molecule is COc1ccccc1N(c1ccccc1OC)c1c(F)cccc1F. The monoisotopic (exact) mass is 341 g/mol. The van der Waals surface area contributed by atoms with E-state index in [1.165, 1.54) is 37.3 Å². The Morgan fingerprint density at radius 1 is 0.640 bits per heavy atom. The Bertz CT molecular complexity index is 815. The van der Waals surface area contributed by atoms with Gasteiger partial charge in [-0.2, -0.15) is 0 Å². The molecule has 0 bridgehead atoms. The van der Waals surface area contributed by atoms with Gasteiger partial charge >= 0.3 is 0 Å². The van der Waals surface area contributed by atoms with E-state index in [4.69, 9.17) is 9.47 Å². The molecule has 0 radical (unpaired) electrons. The van der Waals surface area contributed by atoms with Crippen molar-refractivity contribution in [3.63, 3.8) is 0 Å². The first kappa shape index (κ1) is 16.8. The van der Waals surface area contributed by atoms with Crippen LogP contribution in [0, 0.1) is 11.6 Å². The molecule has 0 saturated heterocycles. The fraction of sp³-hybridized carbons (Fsp3) is 0.100. The molecule has 0 aliphatic heterocycles. The van der Waals surface area contributed by atoms with Crippen molar-refractivity contribution in [2.45, 2.75) is 0 Å². The highest BCUT2D eigenvalue weighted by Gasteiger charge is 2.25. The summed E-state index contributed by atoms with van der Waals surface area (Å²) in [5, 5.41) is 0. The van der Waals surface area contributed by atoms with Crippen molar-refractivity contribution in [1.29, 1.82) is 0 Å². The van der Waals surface area contributed by atoms with E-state index in [0.29, 0.717) is 22.9 Å². The molecule has 128 valence electrons. The van der Waals surface area contributed by atoms with E-state index in [1.54, 1.807) is 48.5 Å². The molecule has 5 heteroatoms. The molecule has 0 unspecified atom stereocenters. The van der Waals surface area contributed by atoms with Gasteiger partial charge in [0, 0.05) is 0 Å². The largest absolute Gasteiger partial charge is 0.495 e. The minimum absolute atomic E-state index is 0.198. The average molecular weight is 341 g/mol. The third kappa shape index (κ3) is 3.13. The Balaban J connectivity index is 2.33. The highest BCUT2D eigenvalue weighted by atomic mass is 19.1. The maximum absolute atomic E-state index is 14.6. The summed E-state index contributed by atoms with van der Waals surface area (Å²) < 4.78 is 40.0. The van der Waals surface area contributed by atoms with Crippen molar-refractivity contribution in [3.8, 4) is 11.5 Å². The number of nitrogens with zero attached hydrogens (tertiary/aromatic N) is 1. The molecule has 3 aromatic carbocycles. The summed E-state index contributed by atoms with van der Waals surface area (Å²) in [5.74, 6) is -0.402. The van der Waals surface area contributed by atoms with Crippen LogP contribution in [0.3, 0.4) is 0 Å². The average Bonchev–Trinajstić information content (AvgIpc) is 2.65. The number of para-hydroxylation sites is 5. The smallest absolute Gasteiger partial charge is 0.150 e. The Morgan fingerprint density at radius 3 is 1.52 bits per heavy atom. The van der Waals surface area contributed by atoms with Crippen molar-refractivity contribution in [2.75, 3.05) is 19.1 Å². The van der Waals surface area contributed by atoms with Gasteiger partial charge < -0.3 is 9.47 Å². The molecule has 0 spiro atoms. The van der Waals surface area contributed by atoms with Crippen LogP contribution >= 0.6 is 0 Å². The summed E-state index contributed by atoms with van der Waals surface area (Å²) >= 11 is 0. The van der Waals surface area contributed by atoms with Gasteiger partial charge in [0.2, 0.25) is 0 Å². The molecule has 0 N–H and O–H groups in total. The van der Waals surface area contributed by atoms with Gasteiger partial charge in [-0.15, -0.1) is 0 Å². The zero-order valence-electron chi connectivity index (χ0n) is 13.9. The first-order chi connectivity index (χ1) is 12.2. The molecule has 25 heavy (non-hydrogen) atoms. The zero-order valence-corrected chi connectivity index (χ0v) is 13.9. The molecule has 3 nitrogen and oxygen atoms in total. The molecular weight excluding hydrogens is 324 g/mol. The predicted octanol–water partition coefficient (Wildman–Crippen LogP) is 5.45. The molecule has 0 atom stereocenters. The molecule has 3 aromatic rings. The van der Waals surface area contributed by atoms with Crippen molar-refractivity contribution in [2.24, 2.45) is 0 Å². The fourth-order valence-corrected chi connectivity index (χ4v) is 2.70. The summed E-state index contributed by atoms with van der Waals surface area (Å²) in [6, 6.07) is 17.8. The molecule has 0 amide bonds.